The molecule has 0 fully saturated rings. The van der Waals surface area contributed by atoms with Crippen LogP contribution < -0.4 is 5.32 Å². The average Bonchev–Trinajstić information content (AvgIpc) is 2.76. The molecule has 1 N–H and O–H groups in total. The van der Waals surface area contributed by atoms with Gasteiger partial charge < -0.3 is 9.26 Å². The highest BCUT2D eigenvalue weighted by atomic mass is 16.5. The molecule has 1 atom stereocenters. The Kier molecular flexibility index (Phi) is 5.05. The first-order valence-corrected chi connectivity index (χ1v) is 6.39. The first-order chi connectivity index (χ1) is 8.75. The van der Waals surface area contributed by atoms with Crippen LogP contribution in [0.15, 0.2) is 4.52 Å². The van der Waals surface area contributed by atoms with Gasteiger partial charge in [-0.1, -0.05) is 39.8 Å². The Labute approximate surface area is 113 Å². The van der Waals surface area contributed by atoms with E-state index in [-0.39, 0.29) is 17.3 Å². The Morgan fingerprint density at radius 2 is 2.05 bits per heavy atom. The lowest BCUT2D eigenvalue weighted by atomic mass is 9.87. The van der Waals surface area contributed by atoms with Crippen molar-refractivity contribution < 1.29 is 14.1 Å². The molecule has 0 aliphatic carbocycles. The van der Waals surface area contributed by atoms with Gasteiger partial charge in [0.2, 0.25) is 5.89 Å². The van der Waals surface area contributed by atoms with Gasteiger partial charge in [0.05, 0.1) is 13.7 Å². The molecule has 0 bridgehead atoms. The highest BCUT2D eigenvalue weighted by molar-refractivity contribution is 5.76. The molecular weight excluding hydrogens is 246 g/mol. The predicted octanol–water partition coefficient (Wildman–Crippen LogP) is 1.87. The van der Waals surface area contributed by atoms with E-state index in [1.54, 1.807) is 0 Å². The summed E-state index contributed by atoms with van der Waals surface area (Å²) < 4.78 is 9.92. The molecule has 0 radical (unpaired) electrons. The second kappa shape index (κ2) is 6.14. The number of hydrogen-bond donors (Lipinski definition) is 1. The van der Waals surface area contributed by atoms with Crippen LogP contribution in [0.25, 0.3) is 0 Å². The highest BCUT2D eigenvalue weighted by Crippen LogP contribution is 2.20. The summed E-state index contributed by atoms with van der Waals surface area (Å²) in [5, 5.41) is 7.00. The normalized spacial score (nSPS) is 13.6. The molecule has 108 valence electrons. The van der Waals surface area contributed by atoms with Crippen LogP contribution in [-0.4, -0.2) is 29.3 Å². The van der Waals surface area contributed by atoms with Gasteiger partial charge in [0, 0.05) is 5.92 Å². The van der Waals surface area contributed by atoms with Crippen molar-refractivity contribution in [2.75, 3.05) is 7.11 Å². The molecule has 0 saturated carbocycles. The van der Waals surface area contributed by atoms with Crippen molar-refractivity contribution in [2.24, 2.45) is 5.41 Å². The Hall–Kier alpha value is -1.43. The minimum atomic E-state index is -0.418. The summed E-state index contributed by atoms with van der Waals surface area (Å²) in [5.41, 5.74) is -0.252. The number of methoxy groups -OCH3 is 1. The first kappa shape index (κ1) is 15.6. The SMILES string of the molecule is COC(=O)[C@@H](NCc1noc(C(C)C)n1)C(C)(C)C. The van der Waals surface area contributed by atoms with Crippen molar-refractivity contribution in [2.45, 2.75) is 53.1 Å². The van der Waals surface area contributed by atoms with E-state index < -0.39 is 6.04 Å². The summed E-state index contributed by atoms with van der Waals surface area (Å²) in [5.74, 6) is 1.05. The second-order valence-corrected chi connectivity index (χ2v) is 5.91. The molecule has 19 heavy (non-hydrogen) atoms. The monoisotopic (exact) mass is 269 g/mol. The standard InChI is InChI=1S/C13H23N3O3/c1-8(2)11-15-9(16-19-11)7-14-10(12(17)18-6)13(3,4)5/h8,10,14H,7H2,1-6H3/t10-/m1/s1. The number of esters is 1. The maximum absolute atomic E-state index is 11.7. The molecule has 0 saturated heterocycles. The third-order valence-corrected chi connectivity index (χ3v) is 2.74. The van der Waals surface area contributed by atoms with E-state index >= 15 is 0 Å². The van der Waals surface area contributed by atoms with E-state index in [2.05, 4.69) is 15.5 Å². The average molecular weight is 269 g/mol. The fourth-order valence-electron chi connectivity index (χ4n) is 1.63. The summed E-state index contributed by atoms with van der Waals surface area (Å²) in [4.78, 5) is 16.0. The van der Waals surface area contributed by atoms with Crippen molar-refractivity contribution >= 4 is 5.97 Å². The highest BCUT2D eigenvalue weighted by Gasteiger charge is 2.32. The minimum Gasteiger partial charge on any atom is -0.468 e. The van der Waals surface area contributed by atoms with Crippen LogP contribution in [0.2, 0.25) is 0 Å². The summed E-state index contributed by atoms with van der Waals surface area (Å²) >= 11 is 0. The van der Waals surface area contributed by atoms with Crippen LogP contribution in [0.4, 0.5) is 0 Å². The minimum absolute atomic E-state index is 0.195. The molecule has 6 nitrogen and oxygen atoms in total. The van der Waals surface area contributed by atoms with Crippen LogP contribution >= 0.6 is 0 Å². The van der Waals surface area contributed by atoms with Gasteiger partial charge in [-0.2, -0.15) is 4.98 Å². The van der Waals surface area contributed by atoms with Gasteiger partial charge >= 0.3 is 5.97 Å². The van der Waals surface area contributed by atoms with Gasteiger partial charge in [-0.05, 0) is 5.41 Å². The van der Waals surface area contributed by atoms with Gasteiger partial charge in [-0.25, -0.2) is 0 Å². The van der Waals surface area contributed by atoms with E-state index in [0.717, 1.165) is 0 Å². The lowest BCUT2D eigenvalue weighted by molar-refractivity contribution is -0.146. The Morgan fingerprint density at radius 1 is 1.42 bits per heavy atom. The van der Waals surface area contributed by atoms with E-state index in [4.69, 9.17) is 9.26 Å². The zero-order valence-corrected chi connectivity index (χ0v) is 12.5. The fourth-order valence-corrected chi connectivity index (χ4v) is 1.63. The second-order valence-electron chi connectivity index (χ2n) is 5.91. The number of carbonyl (C=O) groups is 1. The zero-order chi connectivity index (χ0) is 14.6. The van der Waals surface area contributed by atoms with Gasteiger partial charge in [-0.15, -0.1) is 0 Å². The van der Waals surface area contributed by atoms with E-state index in [9.17, 15) is 4.79 Å². The molecule has 1 heterocycles. The lowest BCUT2D eigenvalue weighted by Crippen LogP contribution is -2.46. The molecule has 1 aromatic rings. The third kappa shape index (κ3) is 4.31. The maximum Gasteiger partial charge on any atom is 0.323 e. The molecule has 0 amide bonds. The molecule has 0 spiro atoms. The maximum atomic E-state index is 11.7. The van der Waals surface area contributed by atoms with Crippen molar-refractivity contribution in [1.29, 1.82) is 0 Å². The quantitative estimate of drug-likeness (QED) is 0.822. The van der Waals surface area contributed by atoms with Crippen LogP contribution in [0, 0.1) is 5.41 Å². The molecule has 0 aromatic carbocycles. The van der Waals surface area contributed by atoms with Crippen molar-refractivity contribution in [3.8, 4) is 0 Å². The molecule has 0 aliphatic rings. The van der Waals surface area contributed by atoms with Crippen molar-refractivity contribution in [1.82, 2.24) is 15.5 Å². The molecule has 1 aromatic heterocycles. The van der Waals surface area contributed by atoms with Crippen LogP contribution in [0.3, 0.4) is 0 Å². The molecular formula is C13H23N3O3. The number of ether oxygens (including phenoxy) is 1. The van der Waals surface area contributed by atoms with E-state index in [1.165, 1.54) is 7.11 Å². The predicted molar refractivity (Wildman–Crippen MR) is 70.5 cm³/mol. The molecule has 1 rings (SSSR count). The molecule has 0 aliphatic heterocycles. The van der Waals surface area contributed by atoms with E-state index in [0.29, 0.717) is 18.3 Å². The molecule has 0 unspecified atom stereocenters. The summed E-state index contributed by atoms with van der Waals surface area (Å²) in [6, 6.07) is -0.418. The largest absolute Gasteiger partial charge is 0.468 e. The van der Waals surface area contributed by atoms with E-state index in [1.807, 2.05) is 34.6 Å². The van der Waals surface area contributed by atoms with Crippen LogP contribution in [0.1, 0.15) is 52.3 Å². The van der Waals surface area contributed by atoms with Crippen LogP contribution in [0.5, 0.6) is 0 Å². The van der Waals surface area contributed by atoms with Gasteiger partial charge in [0.1, 0.15) is 6.04 Å². The Morgan fingerprint density at radius 3 is 2.47 bits per heavy atom. The van der Waals surface area contributed by atoms with Crippen LogP contribution in [-0.2, 0) is 16.1 Å². The number of aromatic nitrogens is 2. The van der Waals surface area contributed by atoms with Crippen molar-refractivity contribution in [3.05, 3.63) is 11.7 Å². The Balaban J connectivity index is 2.68. The number of nitrogens with zero attached hydrogens (tertiary/aromatic N) is 2. The summed E-state index contributed by atoms with van der Waals surface area (Å²) in [6.45, 7) is 10.2. The fraction of sp³-hybridized carbons (Fsp3) is 0.769. The van der Waals surface area contributed by atoms with Gasteiger partial charge in [-0.3, -0.25) is 10.1 Å². The summed E-state index contributed by atoms with van der Waals surface area (Å²) in [6.07, 6.45) is 0. The topological polar surface area (TPSA) is 77.2 Å². The number of hydrogen-bond acceptors (Lipinski definition) is 6. The first-order valence-electron chi connectivity index (χ1n) is 6.39. The smallest absolute Gasteiger partial charge is 0.323 e. The summed E-state index contributed by atoms with van der Waals surface area (Å²) in [7, 11) is 1.38. The number of carbonyl (C=O) groups excluding carboxylic acids is 1. The van der Waals surface area contributed by atoms with Gasteiger partial charge in [0.25, 0.3) is 0 Å². The Bertz CT molecular complexity index is 421. The third-order valence-electron chi connectivity index (χ3n) is 2.74. The number of rotatable bonds is 5. The lowest BCUT2D eigenvalue weighted by Gasteiger charge is -2.28. The van der Waals surface area contributed by atoms with Crippen molar-refractivity contribution in [3.63, 3.8) is 0 Å². The molecule has 6 heteroatoms. The zero-order valence-electron chi connectivity index (χ0n) is 12.5. The van der Waals surface area contributed by atoms with Gasteiger partial charge in [0.15, 0.2) is 5.82 Å². The number of nitrogens with one attached hydrogen (secondary N) is 1.